The molecule has 0 spiro atoms. The van der Waals surface area contributed by atoms with Gasteiger partial charge in [-0.1, -0.05) is 27.7 Å². The standard InChI is InChI=1S/C20H21BrN4O3S/c1-3-27-16-10-6-15(7-11-16)25-18(12-28-17-8-4-14(21)5-9-17)23-24-20(25)29-13(2)19(22)26/h4-11,13H,3,12H2,1-2H3,(H2,22,26). The van der Waals surface area contributed by atoms with Crippen LogP contribution in [0, 0.1) is 0 Å². The molecule has 0 aliphatic heterocycles. The van der Waals surface area contributed by atoms with Crippen LogP contribution in [-0.2, 0) is 11.4 Å². The van der Waals surface area contributed by atoms with Crippen molar-refractivity contribution in [2.24, 2.45) is 5.73 Å². The minimum absolute atomic E-state index is 0.216. The monoisotopic (exact) mass is 476 g/mol. The summed E-state index contributed by atoms with van der Waals surface area (Å²) in [4.78, 5) is 11.5. The fraction of sp³-hybridized carbons (Fsp3) is 0.250. The van der Waals surface area contributed by atoms with Crippen LogP contribution in [0.3, 0.4) is 0 Å². The van der Waals surface area contributed by atoms with Gasteiger partial charge in [0.1, 0.15) is 18.1 Å². The summed E-state index contributed by atoms with van der Waals surface area (Å²) in [7, 11) is 0. The Hall–Kier alpha value is -2.52. The van der Waals surface area contributed by atoms with Crippen LogP contribution in [0.5, 0.6) is 11.5 Å². The van der Waals surface area contributed by atoms with E-state index in [2.05, 4.69) is 26.1 Å². The van der Waals surface area contributed by atoms with E-state index in [1.165, 1.54) is 11.8 Å². The van der Waals surface area contributed by atoms with Gasteiger partial charge in [-0.05, 0) is 62.4 Å². The zero-order valence-corrected chi connectivity index (χ0v) is 18.4. The number of hydrogen-bond acceptors (Lipinski definition) is 6. The van der Waals surface area contributed by atoms with E-state index >= 15 is 0 Å². The molecule has 7 nitrogen and oxygen atoms in total. The summed E-state index contributed by atoms with van der Waals surface area (Å²) in [5.41, 5.74) is 6.26. The van der Waals surface area contributed by atoms with Crippen molar-refractivity contribution in [2.45, 2.75) is 30.9 Å². The van der Waals surface area contributed by atoms with Crippen LogP contribution < -0.4 is 15.2 Å². The maximum absolute atomic E-state index is 11.5. The van der Waals surface area contributed by atoms with Crippen molar-refractivity contribution in [3.05, 3.63) is 58.8 Å². The van der Waals surface area contributed by atoms with E-state index in [4.69, 9.17) is 15.2 Å². The minimum atomic E-state index is -0.444. The molecule has 2 aromatic carbocycles. The highest BCUT2D eigenvalue weighted by Crippen LogP contribution is 2.27. The van der Waals surface area contributed by atoms with Crippen molar-refractivity contribution in [1.82, 2.24) is 14.8 Å². The number of nitrogens with zero attached hydrogens (tertiary/aromatic N) is 3. The van der Waals surface area contributed by atoms with Crippen LogP contribution in [0.2, 0.25) is 0 Å². The molecule has 3 rings (SSSR count). The van der Waals surface area contributed by atoms with Crippen molar-refractivity contribution < 1.29 is 14.3 Å². The number of halogens is 1. The summed E-state index contributed by atoms with van der Waals surface area (Å²) >= 11 is 4.66. The summed E-state index contributed by atoms with van der Waals surface area (Å²) in [6, 6.07) is 15.1. The number of rotatable bonds is 9. The maximum atomic E-state index is 11.5. The molecule has 0 aliphatic rings. The Morgan fingerprint density at radius 1 is 1.10 bits per heavy atom. The number of aromatic nitrogens is 3. The molecule has 0 saturated carbocycles. The van der Waals surface area contributed by atoms with E-state index in [1.807, 2.05) is 60.0 Å². The van der Waals surface area contributed by atoms with Gasteiger partial charge in [0.25, 0.3) is 0 Å². The van der Waals surface area contributed by atoms with Crippen molar-refractivity contribution in [2.75, 3.05) is 6.61 Å². The Morgan fingerprint density at radius 2 is 1.72 bits per heavy atom. The van der Waals surface area contributed by atoms with Gasteiger partial charge in [0.05, 0.1) is 11.9 Å². The summed E-state index contributed by atoms with van der Waals surface area (Å²) in [6.45, 7) is 4.48. The van der Waals surface area contributed by atoms with E-state index < -0.39 is 11.2 Å². The lowest BCUT2D eigenvalue weighted by atomic mass is 10.3. The van der Waals surface area contributed by atoms with Crippen LogP contribution in [0.15, 0.2) is 58.2 Å². The molecule has 1 aromatic heterocycles. The maximum Gasteiger partial charge on any atom is 0.230 e. The third-order valence-electron chi connectivity index (χ3n) is 3.97. The quantitative estimate of drug-likeness (QED) is 0.469. The highest BCUT2D eigenvalue weighted by Gasteiger charge is 2.20. The van der Waals surface area contributed by atoms with Gasteiger partial charge < -0.3 is 15.2 Å². The first kappa shape index (κ1) is 21.2. The van der Waals surface area contributed by atoms with Crippen LogP contribution in [0.1, 0.15) is 19.7 Å². The van der Waals surface area contributed by atoms with E-state index in [0.717, 1.165) is 15.9 Å². The Morgan fingerprint density at radius 3 is 2.34 bits per heavy atom. The lowest BCUT2D eigenvalue weighted by molar-refractivity contribution is -0.117. The van der Waals surface area contributed by atoms with Crippen molar-refractivity contribution in [1.29, 1.82) is 0 Å². The Balaban J connectivity index is 1.89. The third kappa shape index (κ3) is 5.51. The molecule has 1 heterocycles. The van der Waals surface area contributed by atoms with E-state index in [-0.39, 0.29) is 6.61 Å². The molecule has 3 aromatic rings. The Bertz CT molecular complexity index is 961. The summed E-state index contributed by atoms with van der Waals surface area (Å²) < 4.78 is 14.2. The minimum Gasteiger partial charge on any atom is -0.494 e. The number of ether oxygens (including phenoxy) is 2. The smallest absolute Gasteiger partial charge is 0.230 e. The number of hydrogen-bond donors (Lipinski definition) is 1. The number of thioether (sulfide) groups is 1. The SMILES string of the molecule is CCOc1ccc(-n2c(COc3ccc(Br)cc3)nnc2SC(C)C(N)=O)cc1. The van der Waals surface area contributed by atoms with E-state index in [0.29, 0.717) is 23.3 Å². The molecule has 1 amide bonds. The summed E-state index contributed by atoms with van der Waals surface area (Å²) in [5, 5.41) is 8.64. The molecule has 0 fully saturated rings. The second kappa shape index (κ2) is 9.80. The molecule has 152 valence electrons. The van der Waals surface area contributed by atoms with Gasteiger partial charge in [-0.15, -0.1) is 10.2 Å². The molecule has 0 bridgehead atoms. The number of nitrogens with two attached hydrogens (primary N) is 1. The first-order valence-electron chi connectivity index (χ1n) is 8.99. The molecular weight excluding hydrogens is 456 g/mol. The van der Waals surface area contributed by atoms with Gasteiger partial charge in [0, 0.05) is 10.2 Å². The fourth-order valence-electron chi connectivity index (χ4n) is 2.48. The largest absolute Gasteiger partial charge is 0.494 e. The lowest BCUT2D eigenvalue weighted by Gasteiger charge is -2.13. The highest BCUT2D eigenvalue weighted by molar-refractivity contribution is 9.10. The molecule has 9 heteroatoms. The van der Waals surface area contributed by atoms with Crippen molar-refractivity contribution in [3.63, 3.8) is 0 Å². The summed E-state index contributed by atoms with van der Waals surface area (Å²) in [6.07, 6.45) is 0. The van der Waals surface area contributed by atoms with Crippen LogP contribution in [-0.4, -0.2) is 32.5 Å². The molecule has 0 aliphatic carbocycles. The van der Waals surface area contributed by atoms with Gasteiger partial charge in [-0.3, -0.25) is 9.36 Å². The lowest BCUT2D eigenvalue weighted by Crippen LogP contribution is -2.23. The van der Waals surface area contributed by atoms with Crippen LogP contribution in [0.25, 0.3) is 5.69 Å². The van der Waals surface area contributed by atoms with Gasteiger partial charge >= 0.3 is 0 Å². The van der Waals surface area contributed by atoms with Crippen molar-refractivity contribution in [3.8, 4) is 17.2 Å². The average molecular weight is 477 g/mol. The summed E-state index contributed by atoms with van der Waals surface area (Å²) in [5.74, 6) is 1.69. The Kier molecular flexibility index (Phi) is 7.16. The predicted molar refractivity (Wildman–Crippen MR) is 116 cm³/mol. The molecular formula is C20H21BrN4O3S. The van der Waals surface area contributed by atoms with E-state index in [9.17, 15) is 4.79 Å². The van der Waals surface area contributed by atoms with Crippen LogP contribution >= 0.6 is 27.7 Å². The van der Waals surface area contributed by atoms with E-state index in [1.54, 1.807) is 6.92 Å². The third-order valence-corrected chi connectivity index (χ3v) is 5.56. The first-order chi connectivity index (χ1) is 14.0. The van der Waals surface area contributed by atoms with Crippen LogP contribution in [0.4, 0.5) is 0 Å². The number of amides is 1. The number of benzene rings is 2. The number of carbonyl (C=O) groups is 1. The van der Waals surface area contributed by atoms with Gasteiger partial charge in [-0.25, -0.2) is 0 Å². The van der Waals surface area contributed by atoms with Gasteiger partial charge in [-0.2, -0.15) is 0 Å². The second-order valence-corrected chi connectivity index (χ2v) is 8.29. The van der Waals surface area contributed by atoms with Gasteiger partial charge in [0.15, 0.2) is 11.0 Å². The number of carbonyl (C=O) groups excluding carboxylic acids is 1. The Labute approximate surface area is 181 Å². The van der Waals surface area contributed by atoms with Crippen molar-refractivity contribution >= 4 is 33.6 Å². The molecule has 0 saturated heterocycles. The zero-order chi connectivity index (χ0) is 20.8. The highest BCUT2D eigenvalue weighted by atomic mass is 79.9. The molecule has 1 unspecified atom stereocenters. The fourth-order valence-corrected chi connectivity index (χ4v) is 3.58. The number of primary amides is 1. The second-order valence-electron chi connectivity index (χ2n) is 6.07. The molecule has 1 atom stereocenters. The molecule has 2 N–H and O–H groups in total. The van der Waals surface area contributed by atoms with Gasteiger partial charge in [0.2, 0.25) is 5.91 Å². The zero-order valence-electron chi connectivity index (χ0n) is 16.0. The predicted octanol–water partition coefficient (Wildman–Crippen LogP) is 3.97. The molecule has 0 radical (unpaired) electrons. The normalized spacial score (nSPS) is 11.8. The molecule has 29 heavy (non-hydrogen) atoms. The first-order valence-corrected chi connectivity index (χ1v) is 10.7. The average Bonchev–Trinajstić information content (AvgIpc) is 3.10. The topological polar surface area (TPSA) is 92.3 Å².